The molecule has 2 rings (SSSR count). The largest absolute Gasteiger partial charge is 0.457 e. The average Bonchev–Trinajstić information content (AvgIpc) is 2.71. The lowest BCUT2D eigenvalue weighted by atomic mass is 10.1. The number of hydrogen-bond acceptors (Lipinski definition) is 6. The van der Waals surface area contributed by atoms with Crippen LogP contribution in [0.15, 0.2) is 54.6 Å². The zero-order valence-corrected chi connectivity index (χ0v) is 17.7. The Balaban J connectivity index is 1.93. The molecule has 0 radical (unpaired) electrons. The third kappa shape index (κ3) is 8.19. The maximum atomic E-state index is 12.5. The predicted molar refractivity (Wildman–Crippen MR) is 114 cm³/mol. The standard InChI is InChI=1S/C23H25N3O5/c1-23(2,3)31-22(29)26-19(13-14-24)20(27)25-18-11-9-17(10-12-18)21(28)30-15-16-7-5-4-6-8-16/h4-12,19H,13,15H2,1-3H3,(H,25,27)(H,26,29)/t19-/m0/s1. The highest BCUT2D eigenvalue weighted by atomic mass is 16.6. The first-order valence-corrected chi connectivity index (χ1v) is 9.66. The van der Waals surface area contributed by atoms with Crippen LogP contribution in [0.25, 0.3) is 0 Å². The lowest BCUT2D eigenvalue weighted by molar-refractivity contribution is -0.118. The fourth-order valence-electron chi connectivity index (χ4n) is 2.48. The van der Waals surface area contributed by atoms with E-state index in [4.69, 9.17) is 14.7 Å². The van der Waals surface area contributed by atoms with Gasteiger partial charge in [0.2, 0.25) is 5.91 Å². The lowest BCUT2D eigenvalue weighted by Gasteiger charge is -2.22. The van der Waals surface area contributed by atoms with Crippen LogP contribution in [0.2, 0.25) is 0 Å². The zero-order valence-electron chi connectivity index (χ0n) is 17.7. The van der Waals surface area contributed by atoms with E-state index in [2.05, 4.69) is 10.6 Å². The van der Waals surface area contributed by atoms with Gasteiger partial charge in [-0.2, -0.15) is 5.26 Å². The van der Waals surface area contributed by atoms with E-state index in [9.17, 15) is 14.4 Å². The van der Waals surface area contributed by atoms with Gasteiger partial charge in [-0.15, -0.1) is 0 Å². The van der Waals surface area contributed by atoms with Crippen molar-refractivity contribution in [1.29, 1.82) is 5.26 Å². The molecule has 0 fully saturated rings. The first-order valence-electron chi connectivity index (χ1n) is 9.66. The first kappa shape index (κ1) is 23.4. The maximum absolute atomic E-state index is 12.5. The van der Waals surface area contributed by atoms with Gasteiger partial charge in [0.1, 0.15) is 18.2 Å². The number of nitrogens with zero attached hydrogens (tertiary/aromatic N) is 1. The van der Waals surface area contributed by atoms with Crippen molar-refractivity contribution in [2.75, 3.05) is 5.32 Å². The van der Waals surface area contributed by atoms with Gasteiger partial charge in [-0.1, -0.05) is 30.3 Å². The topological polar surface area (TPSA) is 118 Å². The minimum Gasteiger partial charge on any atom is -0.457 e. The summed E-state index contributed by atoms with van der Waals surface area (Å²) in [6.45, 7) is 5.24. The number of anilines is 1. The zero-order chi connectivity index (χ0) is 22.9. The number of carbonyl (C=O) groups excluding carboxylic acids is 3. The van der Waals surface area contributed by atoms with Gasteiger partial charge in [-0.05, 0) is 50.6 Å². The van der Waals surface area contributed by atoms with E-state index >= 15 is 0 Å². The predicted octanol–water partition coefficient (Wildman–Crippen LogP) is 3.79. The van der Waals surface area contributed by atoms with Crippen molar-refractivity contribution in [1.82, 2.24) is 5.32 Å². The molecule has 0 aromatic heterocycles. The molecular formula is C23H25N3O5. The van der Waals surface area contributed by atoms with Crippen LogP contribution in [0.4, 0.5) is 10.5 Å². The first-order chi connectivity index (χ1) is 14.7. The summed E-state index contributed by atoms with van der Waals surface area (Å²) in [4.78, 5) is 36.5. The van der Waals surface area contributed by atoms with E-state index in [1.807, 2.05) is 36.4 Å². The number of alkyl carbamates (subject to hydrolysis) is 1. The molecule has 162 valence electrons. The van der Waals surface area contributed by atoms with E-state index in [0.717, 1.165) is 5.56 Å². The van der Waals surface area contributed by atoms with Gasteiger partial charge in [-0.3, -0.25) is 4.79 Å². The molecule has 2 aromatic carbocycles. The van der Waals surface area contributed by atoms with E-state index in [1.165, 1.54) is 24.3 Å². The van der Waals surface area contributed by atoms with Gasteiger partial charge in [0.05, 0.1) is 18.1 Å². The second-order valence-electron chi connectivity index (χ2n) is 7.69. The summed E-state index contributed by atoms with van der Waals surface area (Å²) in [6.07, 6.45) is -1.02. The Morgan fingerprint density at radius 3 is 2.26 bits per heavy atom. The minimum absolute atomic E-state index is 0.157. The van der Waals surface area contributed by atoms with Gasteiger partial charge >= 0.3 is 12.1 Å². The number of nitriles is 1. The van der Waals surface area contributed by atoms with E-state index < -0.39 is 29.6 Å². The minimum atomic E-state index is -1.09. The highest BCUT2D eigenvalue weighted by Gasteiger charge is 2.24. The smallest absolute Gasteiger partial charge is 0.408 e. The van der Waals surface area contributed by atoms with Crippen LogP contribution >= 0.6 is 0 Å². The molecule has 8 nitrogen and oxygen atoms in total. The van der Waals surface area contributed by atoms with Crippen LogP contribution < -0.4 is 10.6 Å². The molecule has 0 aliphatic heterocycles. The molecule has 0 spiro atoms. The van der Waals surface area contributed by atoms with Gasteiger partial charge in [0, 0.05) is 5.69 Å². The molecule has 0 saturated carbocycles. The number of carbonyl (C=O) groups is 3. The molecule has 0 heterocycles. The molecule has 2 N–H and O–H groups in total. The third-order valence-electron chi connectivity index (χ3n) is 3.90. The average molecular weight is 423 g/mol. The highest BCUT2D eigenvalue weighted by molar-refractivity contribution is 5.97. The molecule has 31 heavy (non-hydrogen) atoms. The Morgan fingerprint density at radius 2 is 1.68 bits per heavy atom. The van der Waals surface area contributed by atoms with Gasteiger partial charge in [0.25, 0.3) is 0 Å². The Labute approximate surface area is 181 Å². The molecule has 0 aliphatic carbocycles. The molecule has 0 aliphatic rings. The maximum Gasteiger partial charge on any atom is 0.408 e. The summed E-state index contributed by atoms with van der Waals surface area (Å²) in [6, 6.07) is 16.2. The lowest BCUT2D eigenvalue weighted by Crippen LogP contribution is -2.45. The summed E-state index contributed by atoms with van der Waals surface area (Å²) < 4.78 is 10.4. The van der Waals surface area contributed by atoms with Crippen molar-refractivity contribution < 1.29 is 23.9 Å². The summed E-state index contributed by atoms with van der Waals surface area (Å²) >= 11 is 0. The number of hydrogen-bond donors (Lipinski definition) is 2. The monoisotopic (exact) mass is 423 g/mol. The Kier molecular flexibility index (Phi) is 8.15. The summed E-state index contributed by atoms with van der Waals surface area (Å²) in [5.74, 6) is -1.07. The molecule has 1 atom stereocenters. The van der Waals surface area contributed by atoms with E-state index in [-0.39, 0.29) is 13.0 Å². The van der Waals surface area contributed by atoms with Crippen molar-refractivity contribution in [3.05, 3.63) is 65.7 Å². The Morgan fingerprint density at radius 1 is 1.03 bits per heavy atom. The molecule has 0 unspecified atom stereocenters. The van der Waals surface area contributed by atoms with Gasteiger partial charge in [0.15, 0.2) is 0 Å². The molecule has 2 amide bonds. The van der Waals surface area contributed by atoms with Crippen LogP contribution in [0.3, 0.4) is 0 Å². The fraction of sp³-hybridized carbons (Fsp3) is 0.304. The van der Waals surface area contributed by atoms with Crippen LogP contribution in [-0.2, 0) is 20.9 Å². The fourth-order valence-corrected chi connectivity index (χ4v) is 2.48. The normalized spacial score (nSPS) is 11.5. The molecule has 0 saturated heterocycles. The van der Waals surface area contributed by atoms with Crippen LogP contribution in [0, 0.1) is 11.3 Å². The van der Waals surface area contributed by atoms with Crippen molar-refractivity contribution >= 4 is 23.7 Å². The van der Waals surface area contributed by atoms with Crippen LogP contribution in [-0.4, -0.2) is 29.6 Å². The molecule has 2 aromatic rings. The SMILES string of the molecule is CC(C)(C)OC(=O)N[C@@H](CC#N)C(=O)Nc1ccc(C(=O)OCc2ccccc2)cc1. The molecule has 8 heteroatoms. The molecule has 0 bridgehead atoms. The van der Waals surface area contributed by atoms with Crippen molar-refractivity contribution in [2.45, 2.75) is 45.4 Å². The summed E-state index contributed by atoms with van der Waals surface area (Å²) in [7, 11) is 0. The van der Waals surface area contributed by atoms with Crippen molar-refractivity contribution in [3.8, 4) is 6.07 Å². The van der Waals surface area contributed by atoms with Crippen molar-refractivity contribution in [2.24, 2.45) is 0 Å². The van der Waals surface area contributed by atoms with Crippen molar-refractivity contribution in [3.63, 3.8) is 0 Å². The van der Waals surface area contributed by atoms with E-state index in [1.54, 1.807) is 20.8 Å². The highest BCUT2D eigenvalue weighted by Crippen LogP contribution is 2.13. The second-order valence-corrected chi connectivity index (χ2v) is 7.69. The summed E-state index contributed by atoms with van der Waals surface area (Å²) in [5, 5.41) is 13.9. The summed E-state index contributed by atoms with van der Waals surface area (Å²) in [5.41, 5.74) is 0.872. The third-order valence-corrected chi connectivity index (χ3v) is 3.90. The van der Waals surface area contributed by atoms with Crippen LogP contribution in [0.1, 0.15) is 43.1 Å². The number of rotatable bonds is 7. The number of amides is 2. The quantitative estimate of drug-likeness (QED) is 0.654. The number of benzene rings is 2. The Hall–Kier alpha value is -3.86. The van der Waals surface area contributed by atoms with Gasteiger partial charge < -0.3 is 20.1 Å². The van der Waals surface area contributed by atoms with Gasteiger partial charge in [-0.25, -0.2) is 9.59 Å². The molecular weight excluding hydrogens is 398 g/mol. The van der Waals surface area contributed by atoms with Crippen LogP contribution in [0.5, 0.6) is 0 Å². The van der Waals surface area contributed by atoms with E-state index in [0.29, 0.717) is 11.3 Å². The second kappa shape index (κ2) is 10.8. The Bertz CT molecular complexity index is 944. The number of esters is 1. The number of nitrogens with one attached hydrogen (secondary N) is 2. The number of ether oxygens (including phenoxy) is 2.